The Hall–Kier alpha value is -1.27. The van der Waals surface area contributed by atoms with Gasteiger partial charge in [0.1, 0.15) is 54.9 Å². The number of aliphatic hydroxyl groups excluding tert-OH is 7. The second-order valence-corrected chi connectivity index (χ2v) is 15.2. The molecule has 0 aromatic rings. The monoisotopic (exact) mass is 793 g/mol. The van der Waals surface area contributed by atoms with Crippen molar-refractivity contribution in [1.29, 1.82) is 0 Å². The molecule has 0 aromatic carbocycles. The van der Waals surface area contributed by atoms with E-state index >= 15 is 0 Å². The van der Waals surface area contributed by atoms with E-state index in [-0.39, 0.29) is 25.6 Å². The minimum absolute atomic E-state index is 0.0610. The van der Waals surface area contributed by atoms with Crippen LogP contribution < -0.4 is 0 Å². The number of allylic oxidation sites excluding steroid dienone is 2. The number of carbonyl (C=O) groups is 1. The third kappa shape index (κ3) is 20.3. The summed E-state index contributed by atoms with van der Waals surface area (Å²) in [5.74, 6) is -0.388. The molecule has 2 rings (SSSR count). The Morgan fingerprint density at radius 3 is 1.65 bits per heavy atom. The summed E-state index contributed by atoms with van der Waals surface area (Å²) in [6, 6.07) is 0. The molecule has 0 aliphatic carbocycles. The molecule has 55 heavy (non-hydrogen) atoms. The van der Waals surface area contributed by atoms with Crippen LogP contribution in [0.25, 0.3) is 0 Å². The Labute approximate surface area is 329 Å². The SMILES string of the molecule is CCCCCCC/C=C\CCCCCCCC(=O)OC(COCCCCCCCCC)COC1OC(COC2OC(CO)C(O)C(O)C2O)C(O)C(O)C1O. The molecule has 7 N–H and O–H groups in total. The number of ether oxygens (including phenoxy) is 6. The molecule has 2 fully saturated rings. The zero-order chi connectivity index (χ0) is 40.3. The summed E-state index contributed by atoms with van der Waals surface area (Å²) in [5, 5.41) is 71.6. The van der Waals surface area contributed by atoms with Gasteiger partial charge in [-0.2, -0.15) is 0 Å². The predicted octanol–water partition coefficient (Wildman–Crippen LogP) is 3.95. The minimum atomic E-state index is -1.70. The van der Waals surface area contributed by atoms with Crippen LogP contribution in [0.15, 0.2) is 12.2 Å². The molecular weight excluding hydrogens is 716 g/mol. The molecule has 0 bridgehead atoms. The summed E-state index contributed by atoms with van der Waals surface area (Å²) in [5.41, 5.74) is 0. The van der Waals surface area contributed by atoms with E-state index in [1.54, 1.807) is 0 Å². The number of unbranched alkanes of at least 4 members (excludes halogenated alkanes) is 16. The molecule has 0 spiro atoms. The number of esters is 1. The maximum atomic E-state index is 12.9. The lowest BCUT2D eigenvalue weighted by Gasteiger charge is -2.42. The van der Waals surface area contributed by atoms with Crippen LogP contribution in [0.2, 0.25) is 0 Å². The van der Waals surface area contributed by atoms with Crippen LogP contribution in [0.5, 0.6) is 0 Å². The lowest BCUT2D eigenvalue weighted by atomic mass is 9.98. The molecule has 324 valence electrons. The van der Waals surface area contributed by atoms with Gasteiger partial charge in [0.2, 0.25) is 0 Å². The summed E-state index contributed by atoms with van der Waals surface area (Å²) in [4.78, 5) is 12.9. The summed E-state index contributed by atoms with van der Waals surface area (Å²) < 4.78 is 34.0. The van der Waals surface area contributed by atoms with Crippen molar-refractivity contribution in [1.82, 2.24) is 0 Å². The Balaban J connectivity index is 1.82. The van der Waals surface area contributed by atoms with Gasteiger partial charge in [-0.3, -0.25) is 4.79 Å². The molecule has 0 saturated carbocycles. The fraction of sp³-hybridized carbons (Fsp3) is 0.927. The van der Waals surface area contributed by atoms with Crippen molar-refractivity contribution in [3.63, 3.8) is 0 Å². The Morgan fingerprint density at radius 1 is 0.582 bits per heavy atom. The van der Waals surface area contributed by atoms with Crippen LogP contribution >= 0.6 is 0 Å². The molecule has 2 saturated heterocycles. The first kappa shape index (κ1) is 49.9. The van der Waals surface area contributed by atoms with Crippen molar-refractivity contribution in [2.24, 2.45) is 0 Å². The second-order valence-electron chi connectivity index (χ2n) is 15.2. The van der Waals surface area contributed by atoms with Crippen LogP contribution in [0, 0.1) is 0 Å². The van der Waals surface area contributed by atoms with Crippen molar-refractivity contribution < 1.29 is 69.0 Å². The van der Waals surface area contributed by atoms with Gasteiger partial charge in [0, 0.05) is 13.0 Å². The zero-order valence-electron chi connectivity index (χ0n) is 33.7. The summed E-state index contributed by atoms with van der Waals surface area (Å²) >= 11 is 0. The normalized spacial score (nSPS) is 29.2. The summed E-state index contributed by atoms with van der Waals surface area (Å²) in [7, 11) is 0. The van der Waals surface area contributed by atoms with Gasteiger partial charge in [0.15, 0.2) is 12.6 Å². The van der Waals surface area contributed by atoms with E-state index in [2.05, 4.69) is 26.0 Å². The molecule has 11 unspecified atom stereocenters. The molecular formula is C41H76O14. The topological polar surface area (TPSA) is 214 Å². The van der Waals surface area contributed by atoms with Gasteiger partial charge >= 0.3 is 5.97 Å². The Bertz CT molecular complexity index is 969. The molecule has 2 aliphatic rings. The van der Waals surface area contributed by atoms with Crippen LogP contribution in [-0.4, -0.2) is 142 Å². The van der Waals surface area contributed by atoms with Crippen LogP contribution in [0.4, 0.5) is 0 Å². The fourth-order valence-electron chi connectivity index (χ4n) is 6.69. The van der Waals surface area contributed by atoms with Gasteiger partial charge in [0.25, 0.3) is 0 Å². The van der Waals surface area contributed by atoms with E-state index in [4.69, 9.17) is 28.4 Å². The van der Waals surface area contributed by atoms with Crippen LogP contribution in [0.1, 0.15) is 142 Å². The molecule has 11 atom stereocenters. The first-order valence-electron chi connectivity index (χ1n) is 21.3. The van der Waals surface area contributed by atoms with Crippen molar-refractivity contribution >= 4 is 5.97 Å². The van der Waals surface area contributed by atoms with Gasteiger partial charge < -0.3 is 64.2 Å². The molecule has 14 nitrogen and oxygen atoms in total. The molecule has 0 amide bonds. The maximum Gasteiger partial charge on any atom is 0.306 e. The highest BCUT2D eigenvalue weighted by molar-refractivity contribution is 5.69. The van der Waals surface area contributed by atoms with Gasteiger partial charge in [-0.25, -0.2) is 0 Å². The lowest BCUT2D eigenvalue weighted by Crippen LogP contribution is -2.61. The standard InChI is InChI=1S/C41H76O14/c1-3-5-7-9-11-12-13-14-15-16-17-18-20-22-24-33(43)53-30(27-50-25-23-21-19-10-8-6-4-2)28-51-40-39(49)37(47)35(45)32(55-40)29-52-41-38(48)36(46)34(44)31(26-42)54-41/h13-14,30-32,34-42,44-49H,3-12,15-29H2,1-2H3/b14-13-. The van der Waals surface area contributed by atoms with Gasteiger partial charge in [-0.05, 0) is 38.5 Å². The van der Waals surface area contributed by atoms with E-state index in [1.165, 1.54) is 57.8 Å². The Kier molecular flexibility index (Phi) is 27.9. The first-order chi connectivity index (χ1) is 26.6. The number of hydrogen-bond acceptors (Lipinski definition) is 14. The number of rotatable bonds is 32. The van der Waals surface area contributed by atoms with Gasteiger partial charge in [-0.1, -0.05) is 109 Å². The second kappa shape index (κ2) is 30.8. The molecule has 2 aliphatic heterocycles. The summed E-state index contributed by atoms with van der Waals surface area (Å²) in [6.45, 7) is 3.61. The zero-order valence-corrected chi connectivity index (χ0v) is 33.7. The third-order valence-corrected chi connectivity index (χ3v) is 10.3. The number of aliphatic hydroxyl groups is 7. The predicted molar refractivity (Wildman–Crippen MR) is 206 cm³/mol. The molecule has 14 heteroatoms. The Morgan fingerprint density at radius 2 is 1.07 bits per heavy atom. The highest BCUT2D eigenvalue weighted by Gasteiger charge is 2.47. The highest BCUT2D eigenvalue weighted by atomic mass is 16.7. The average molecular weight is 793 g/mol. The van der Waals surface area contributed by atoms with E-state index in [0.29, 0.717) is 13.0 Å². The van der Waals surface area contributed by atoms with E-state index in [0.717, 1.165) is 57.8 Å². The fourth-order valence-corrected chi connectivity index (χ4v) is 6.69. The average Bonchev–Trinajstić information content (AvgIpc) is 3.18. The summed E-state index contributed by atoms with van der Waals surface area (Å²) in [6.07, 6.45) is 10.2. The van der Waals surface area contributed by atoms with Crippen molar-refractivity contribution in [3.8, 4) is 0 Å². The van der Waals surface area contributed by atoms with Crippen molar-refractivity contribution in [3.05, 3.63) is 12.2 Å². The maximum absolute atomic E-state index is 12.9. The third-order valence-electron chi connectivity index (χ3n) is 10.3. The van der Waals surface area contributed by atoms with Crippen LogP contribution in [-0.2, 0) is 33.2 Å². The largest absolute Gasteiger partial charge is 0.457 e. The van der Waals surface area contributed by atoms with Gasteiger partial charge in [-0.15, -0.1) is 0 Å². The molecule has 0 aromatic heterocycles. The van der Waals surface area contributed by atoms with E-state index in [9.17, 15) is 40.5 Å². The molecule has 2 heterocycles. The van der Waals surface area contributed by atoms with Crippen LogP contribution in [0.3, 0.4) is 0 Å². The van der Waals surface area contributed by atoms with E-state index in [1.807, 2.05) is 0 Å². The first-order valence-corrected chi connectivity index (χ1v) is 21.3. The minimum Gasteiger partial charge on any atom is -0.457 e. The van der Waals surface area contributed by atoms with Gasteiger partial charge in [0.05, 0.1) is 26.4 Å². The number of hydrogen-bond donors (Lipinski definition) is 7. The van der Waals surface area contributed by atoms with Crippen molar-refractivity contribution in [2.75, 3.05) is 33.0 Å². The van der Waals surface area contributed by atoms with E-state index < -0.39 is 80.7 Å². The van der Waals surface area contributed by atoms with Crippen molar-refractivity contribution in [2.45, 2.75) is 210 Å². The smallest absolute Gasteiger partial charge is 0.306 e. The lowest BCUT2D eigenvalue weighted by molar-refractivity contribution is -0.332. The highest BCUT2D eigenvalue weighted by Crippen LogP contribution is 2.26. The molecule has 0 radical (unpaired) electrons. The number of carbonyl (C=O) groups excluding carboxylic acids is 1. The quantitative estimate of drug-likeness (QED) is 0.0292.